The van der Waals surface area contributed by atoms with Gasteiger partial charge in [0.05, 0.1) is 22.4 Å². The number of allylic oxidation sites excluding steroid dienone is 1. The lowest BCUT2D eigenvalue weighted by Crippen LogP contribution is -1.96. The Balaban J connectivity index is 1.22. The smallest absolute Gasteiger partial charge is 0.0788 e. The standard InChI is InChI=1S/C50H36N2/c1-3-16-43-46-33-37(26-28-49(46)52(48(43)4-2)41-21-12-7-13-22-41)50-44-24-15-14-23-42(44)45-32-36(25-27-47(45)51-50)40-30-38(34-17-8-5-9-18-34)29-39(31-40)35-19-10-6-11-20-35/h3-33H,2H2,1H3/b16-3-. The summed E-state index contributed by atoms with van der Waals surface area (Å²) in [4.78, 5) is 5.38. The summed E-state index contributed by atoms with van der Waals surface area (Å²) in [7, 11) is 0. The number of pyridine rings is 1. The molecule has 0 saturated heterocycles. The van der Waals surface area contributed by atoms with E-state index in [2.05, 4.69) is 200 Å². The molecule has 0 fully saturated rings. The van der Waals surface area contributed by atoms with Crippen molar-refractivity contribution in [3.8, 4) is 50.3 Å². The zero-order valence-corrected chi connectivity index (χ0v) is 29.0. The van der Waals surface area contributed by atoms with Crippen molar-refractivity contribution in [2.24, 2.45) is 0 Å². The summed E-state index contributed by atoms with van der Waals surface area (Å²) in [6.45, 7) is 6.28. The third-order valence-electron chi connectivity index (χ3n) is 10.0. The minimum atomic E-state index is 0.974. The minimum Gasteiger partial charge on any atom is -0.309 e. The number of fused-ring (bicyclic) bond motifs is 4. The molecule has 0 aliphatic rings. The molecule has 0 N–H and O–H groups in total. The largest absolute Gasteiger partial charge is 0.309 e. The average molecular weight is 665 g/mol. The van der Waals surface area contributed by atoms with Crippen LogP contribution in [0.3, 0.4) is 0 Å². The first-order valence-electron chi connectivity index (χ1n) is 17.8. The molecule has 9 rings (SSSR count). The minimum absolute atomic E-state index is 0.974. The summed E-state index contributed by atoms with van der Waals surface area (Å²) in [5.41, 5.74) is 14.7. The number of aromatic nitrogens is 2. The monoisotopic (exact) mass is 664 g/mol. The zero-order valence-electron chi connectivity index (χ0n) is 29.0. The van der Waals surface area contributed by atoms with Gasteiger partial charge in [0.15, 0.2) is 0 Å². The molecule has 2 aromatic heterocycles. The normalized spacial score (nSPS) is 11.6. The van der Waals surface area contributed by atoms with Gasteiger partial charge in [-0.05, 0) is 106 Å². The van der Waals surface area contributed by atoms with Gasteiger partial charge in [-0.2, -0.15) is 0 Å². The third kappa shape index (κ3) is 5.42. The van der Waals surface area contributed by atoms with Gasteiger partial charge in [-0.15, -0.1) is 0 Å². The summed E-state index contributed by atoms with van der Waals surface area (Å²) in [6.07, 6.45) is 6.25. The van der Waals surface area contributed by atoms with Crippen LogP contribution in [-0.2, 0) is 0 Å². The first kappa shape index (κ1) is 31.2. The highest BCUT2D eigenvalue weighted by Crippen LogP contribution is 2.39. The van der Waals surface area contributed by atoms with Gasteiger partial charge in [0.25, 0.3) is 0 Å². The molecular weight excluding hydrogens is 629 g/mol. The second-order valence-electron chi connectivity index (χ2n) is 13.2. The van der Waals surface area contributed by atoms with Gasteiger partial charge in [0, 0.05) is 33.0 Å². The maximum absolute atomic E-state index is 5.38. The second-order valence-corrected chi connectivity index (χ2v) is 13.2. The molecule has 2 heteroatoms. The molecule has 0 radical (unpaired) electrons. The van der Waals surface area contributed by atoms with Crippen LogP contribution in [0.1, 0.15) is 18.2 Å². The highest BCUT2D eigenvalue weighted by molar-refractivity contribution is 6.12. The van der Waals surface area contributed by atoms with E-state index < -0.39 is 0 Å². The van der Waals surface area contributed by atoms with E-state index in [-0.39, 0.29) is 0 Å². The molecule has 0 amide bonds. The fourth-order valence-corrected chi connectivity index (χ4v) is 7.62. The lowest BCUT2D eigenvalue weighted by atomic mass is 9.92. The van der Waals surface area contributed by atoms with Gasteiger partial charge in [-0.1, -0.05) is 134 Å². The van der Waals surface area contributed by atoms with Gasteiger partial charge in [-0.25, -0.2) is 4.98 Å². The van der Waals surface area contributed by atoms with E-state index in [1.807, 2.05) is 6.08 Å². The second kappa shape index (κ2) is 13.2. The Morgan fingerprint density at radius 1 is 0.481 bits per heavy atom. The predicted molar refractivity (Wildman–Crippen MR) is 223 cm³/mol. The Hall–Kier alpha value is -6.77. The number of benzene rings is 7. The summed E-state index contributed by atoms with van der Waals surface area (Å²) in [5.74, 6) is 0. The van der Waals surface area contributed by atoms with Crippen LogP contribution in [0.2, 0.25) is 0 Å². The molecule has 0 saturated carbocycles. The van der Waals surface area contributed by atoms with Crippen LogP contribution in [0.5, 0.6) is 0 Å². The highest BCUT2D eigenvalue weighted by atomic mass is 15.0. The first-order valence-corrected chi connectivity index (χ1v) is 17.8. The van der Waals surface area contributed by atoms with E-state index in [4.69, 9.17) is 4.98 Å². The van der Waals surface area contributed by atoms with Gasteiger partial charge in [0.1, 0.15) is 0 Å². The Morgan fingerprint density at radius 2 is 1.04 bits per heavy atom. The molecule has 52 heavy (non-hydrogen) atoms. The molecule has 7 aromatic carbocycles. The van der Waals surface area contributed by atoms with Gasteiger partial charge in [-0.3, -0.25) is 0 Å². The van der Waals surface area contributed by atoms with E-state index in [1.165, 1.54) is 44.2 Å². The summed E-state index contributed by atoms with van der Waals surface area (Å²) in [5, 5.41) is 4.63. The third-order valence-corrected chi connectivity index (χ3v) is 10.0. The summed E-state index contributed by atoms with van der Waals surface area (Å²) >= 11 is 0. The fourth-order valence-electron chi connectivity index (χ4n) is 7.62. The van der Waals surface area contributed by atoms with Crippen LogP contribution in [0.25, 0.3) is 95.1 Å². The van der Waals surface area contributed by atoms with Crippen molar-refractivity contribution in [1.29, 1.82) is 0 Å². The molecule has 2 heterocycles. The first-order chi connectivity index (χ1) is 25.7. The summed E-state index contributed by atoms with van der Waals surface area (Å²) in [6, 6.07) is 60.8. The van der Waals surface area contributed by atoms with Crippen molar-refractivity contribution in [1.82, 2.24) is 9.55 Å². The van der Waals surface area contributed by atoms with Crippen LogP contribution in [0.4, 0.5) is 0 Å². The summed E-state index contributed by atoms with van der Waals surface area (Å²) < 4.78 is 2.30. The topological polar surface area (TPSA) is 17.8 Å². The average Bonchev–Trinajstić information content (AvgIpc) is 3.53. The van der Waals surface area contributed by atoms with E-state index in [1.54, 1.807) is 0 Å². The van der Waals surface area contributed by atoms with Crippen molar-refractivity contribution >= 4 is 44.7 Å². The van der Waals surface area contributed by atoms with Gasteiger partial charge >= 0.3 is 0 Å². The molecule has 0 aliphatic heterocycles. The van der Waals surface area contributed by atoms with Crippen molar-refractivity contribution in [2.75, 3.05) is 0 Å². The number of para-hydroxylation sites is 1. The SMILES string of the molecule is C=Cc1c(/C=C\C)c2cc(-c3nc4ccc(-c5cc(-c6ccccc6)cc(-c6ccccc6)c5)cc4c4ccccc34)ccc2n1-c1ccccc1. The van der Waals surface area contributed by atoms with Crippen LogP contribution < -0.4 is 0 Å². The number of hydrogen-bond donors (Lipinski definition) is 0. The molecule has 2 nitrogen and oxygen atoms in total. The van der Waals surface area contributed by atoms with Crippen molar-refractivity contribution in [3.05, 3.63) is 194 Å². The maximum Gasteiger partial charge on any atom is 0.0788 e. The van der Waals surface area contributed by atoms with Crippen LogP contribution in [0.15, 0.2) is 183 Å². The predicted octanol–water partition coefficient (Wildman–Crippen LogP) is 13.7. The van der Waals surface area contributed by atoms with E-state index >= 15 is 0 Å². The van der Waals surface area contributed by atoms with Gasteiger partial charge in [0.2, 0.25) is 0 Å². The zero-order chi connectivity index (χ0) is 35.0. The van der Waals surface area contributed by atoms with E-state index in [0.29, 0.717) is 0 Å². The van der Waals surface area contributed by atoms with E-state index in [9.17, 15) is 0 Å². The number of rotatable bonds is 7. The molecule has 0 spiro atoms. The Labute approximate surface area is 304 Å². The molecule has 246 valence electrons. The fraction of sp³-hybridized carbons (Fsp3) is 0.0200. The van der Waals surface area contributed by atoms with Crippen LogP contribution in [-0.4, -0.2) is 9.55 Å². The lowest BCUT2D eigenvalue weighted by Gasteiger charge is -2.14. The molecular formula is C50H36N2. The Morgan fingerprint density at radius 3 is 1.67 bits per heavy atom. The van der Waals surface area contributed by atoms with Crippen LogP contribution >= 0.6 is 0 Å². The van der Waals surface area contributed by atoms with Crippen molar-refractivity contribution < 1.29 is 0 Å². The lowest BCUT2D eigenvalue weighted by molar-refractivity contribution is 1.11. The Kier molecular flexibility index (Phi) is 7.91. The van der Waals surface area contributed by atoms with E-state index in [0.717, 1.165) is 50.0 Å². The highest BCUT2D eigenvalue weighted by Gasteiger charge is 2.18. The Bertz CT molecular complexity index is 2730. The van der Waals surface area contributed by atoms with Crippen molar-refractivity contribution in [3.63, 3.8) is 0 Å². The molecule has 0 unspecified atom stereocenters. The van der Waals surface area contributed by atoms with Gasteiger partial charge < -0.3 is 4.57 Å². The molecule has 0 atom stereocenters. The molecule has 9 aromatic rings. The van der Waals surface area contributed by atoms with Crippen molar-refractivity contribution in [2.45, 2.75) is 6.92 Å². The molecule has 0 bridgehead atoms. The quantitative estimate of drug-likeness (QED) is 0.155. The van der Waals surface area contributed by atoms with Crippen LogP contribution in [0, 0.1) is 0 Å². The maximum atomic E-state index is 5.38. The molecule has 0 aliphatic carbocycles. The number of hydrogen-bond acceptors (Lipinski definition) is 1. The number of nitrogens with zero attached hydrogens (tertiary/aromatic N) is 2.